The van der Waals surface area contributed by atoms with E-state index in [0.29, 0.717) is 22.8 Å². The largest absolute Gasteiger partial charge is 0.508 e. The number of aromatic hydroxyl groups is 1. The summed E-state index contributed by atoms with van der Waals surface area (Å²) in [5, 5.41) is 10.5. The summed E-state index contributed by atoms with van der Waals surface area (Å²) >= 11 is 0. The molecule has 2 aromatic carbocycles. The van der Waals surface area contributed by atoms with Gasteiger partial charge >= 0.3 is 7.60 Å². The van der Waals surface area contributed by atoms with Crippen LogP contribution in [0.15, 0.2) is 18.2 Å². The van der Waals surface area contributed by atoms with Crippen LogP contribution in [0.4, 0.5) is 0 Å². The fourth-order valence-corrected chi connectivity index (χ4v) is 5.04. The maximum absolute atomic E-state index is 12.5. The molecule has 2 aromatic rings. The molecular weight excluding hydrogens is 343 g/mol. The van der Waals surface area contributed by atoms with E-state index in [4.69, 9.17) is 14.0 Å². The quantitative estimate of drug-likeness (QED) is 0.752. The van der Waals surface area contributed by atoms with Crippen molar-refractivity contribution in [3.63, 3.8) is 0 Å². The molecule has 2 unspecified atom stereocenters. The van der Waals surface area contributed by atoms with Crippen molar-refractivity contribution in [3.8, 4) is 23.0 Å². The van der Waals surface area contributed by atoms with Gasteiger partial charge in [0.2, 0.25) is 6.79 Å². The molecule has 0 aliphatic carbocycles. The lowest BCUT2D eigenvalue weighted by atomic mass is 9.85. The topological polar surface area (TPSA) is 85.2 Å². The van der Waals surface area contributed by atoms with Gasteiger partial charge in [0.25, 0.3) is 0 Å². The smallest absolute Gasteiger partial charge is 0.377 e. The minimum absolute atomic E-state index is 0.0136. The molecule has 2 atom stereocenters. The molecule has 4 rings (SSSR count). The summed E-state index contributed by atoms with van der Waals surface area (Å²) in [6, 6.07) is 5.21. The van der Waals surface area contributed by atoms with Crippen molar-refractivity contribution in [2.24, 2.45) is 0 Å². The fraction of sp³-hybridized carbons (Fsp3) is 0.333. The third-order valence-corrected chi connectivity index (χ3v) is 6.22. The van der Waals surface area contributed by atoms with E-state index in [2.05, 4.69) is 0 Å². The van der Waals surface area contributed by atoms with Gasteiger partial charge in [0, 0.05) is 23.1 Å². The second kappa shape index (κ2) is 5.41. The molecule has 2 aliphatic heterocycles. The first-order valence-electron chi connectivity index (χ1n) is 8.01. The van der Waals surface area contributed by atoms with Crippen LogP contribution in [0.1, 0.15) is 33.7 Å². The Bertz CT molecular complexity index is 936. The molecule has 7 heteroatoms. The molecule has 0 aromatic heterocycles. The predicted molar refractivity (Wildman–Crippen MR) is 92.0 cm³/mol. The Morgan fingerprint density at radius 1 is 1.08 bits per heavy atom. The van der Waals surface area contributed by atoms with Crippen LogP contribution in [0.3, 0.4) is 0 Å². The Kier molecular flexibility index (Phi) is 3.53. The van der Waals surface area contributed by atoms with E-state index in [1.807, 2.05) is 26.8 Å². The summed E-state index contributed by atoms with van der Waals surface area (Å²) in [5.74, 6) is 0.984. The van der Waals surface area contributed by atoms with Gasteiger partial charge in [-0.2, -0.15) is 0 Å². The normalized spacial score (nSPS) is 23.9. The minimum atomic E-state index is -3.83. The maximum Gasteiger partial charge on any atom is 0.377 e. The van der Waals surface area contributed by atoms with Crippen LogP contribution >= 0.6 is 7.60 Å². The number of hydrogen-bond donors (Lipinski definition) is 2. The van der Waals surface area contributed by atoms with Crippen LogP contribution in [0, 0.1) is 20.8 Å². The maximum atomic E-state index is 12.5. The number of phenols is 1. The zero-order chi connectivity index (χ0) is 17.9. The molecule has 2 aliphatic rings. The van der Waals surface area contributed by atoms with Gasteiger partial charge in [-0.3, -0.25) is 0 Å². The van der Waals surface area contributed by atoms with Crippen LogP contribution in [-0.2, 0) is 4.57 Å². The molecule has 0 amide bonds. The average molecular weight is 362 g/mol. The van der Waals surface area contributed by atoms with Crippen LogP contribution in [0.2, 0.25) is 0 Å². The molecule has 2 heterocycles. The zero-order valence-corrected chi connectivity index (χ0v) is 15.1. The summed E-state index contributed by atoms with van der Waals surface area (Å²) in [6.07, 6.45) is -0.101. The van der Waals surface area contributed by atoms with Crippen LogP contribution in [0.25, 0.3) is 0 Å². The highest BCUT2D eigenvalue weighted by atomic mass is 31.2. The van der Waals surface area contributed by atoms with Gasteiger partial charge in [-0.25, -0.2) is 4.57 Å². The summed E-state index contributed by atoms with van der Waals surface area (Å²) < 4.78 is 28.6. The molecule has 0 saturated heterocycles. The third-order valence-electron chi connectivity index (χ3n) is 4.93. The van der Waals surface area contributed by atoms with Crippen LogP contribution in [-0.4, -0.2) is 23.0 Å². The lowest BCUT2D eigenvalue weighted by Crippen LogP contribution is -2.19. The van der Waals surface area contributed by atoms with E-state index in [9.17, 15) is 14.6 Å². The molecule has 0 fully saturated rings. The Morgan fingerprint density at radius 3 is 2.48 bits per heavy atom. The van der Waals surface area contributed by atoms with Gasteiger partial charge in [0.15, 0.2) is 11.5 Å². The summed E-state index contributed by atoms with van der Waals surface area (Å²) in [6.45, 7) is 5.85. The fourth-order valence-electron chi connectivity index (χ4n) is 3.60. The second-order valence-corrected chi connectivity index (χ2v) is 8.43. The van der Waals surface area contributed by atoms with E-state index >= 15 is 0 Å². The van der Waals surface area contributed by atoms with E-state index in [-0.39, 0.29) is 18.7 Å². The summed E-state index contributed by atoms with van der Waals surface area (Å²) in [4.78, 5) is 10.2. The van der Waals surface area contributed by atoms with Gasteiger partial charge in [-0.15, -0.1) is 0 Å². The zero-order valence-electron chi connectivity index (χ0n) is 14.2. The Labute approximate surface area is 145 Å². The molecule has 0 spiro atoms. The van der Waals surface area contributed by atoms with Crippen LogP contribution < -0.4 is 14.0 Å². The van der Waals surface area contributed by atoms with E-state index in [1.165, 1.54) is 6.07 Å². The van der Waals surface area contributed by atoms with Crippen molar-refractivity contribution in [3.05, 3.63) is 46.0 Å². The minimum Gasteiger partial charge on any atom is -0.508 e. The number of aryl methyl sites for hydroxylation is 2. The first-order valence-corrected chi connectivity index (χ1v) is 9.78. The summed E-state index contributed by atoms with van der Waals surface area (Å²) in [5.41, 5.74) is 4.15. The second-order valence-electron chi connectivity index (χ2n) is 6.61. The predicted octanol–water partition coefficient (Wildman–Crippen LogP) is 3.76. The van der Waals surface area contributed by atoms with Crippen molar-refractivity contribution < 1.29 is 28.6 Å². The highest BCUT2D eigenvalue weighted by Crippen LogP contribution is 2.58. The Balaban J connectivity index is 1.95. The monoisotopic (exact) mass is 362 g/mol. The van der Waals surface area contributed by atoms with Crippen molar-refractivity contribution in [2.45, 2.75) is 26.7 Å². The van der Waals surface area contributed by atoms with Gasteiger partial charge in [-0.1, -0.05) is 6.07 Å². The number of benzene rings is 2. The SMILES string of the molecule is Cc1cc(C)c2c(c1C)OP(=O)(O)CC2c1cc2c(cc1O)OCO2. The van der Waals surface area contributed by atoms with E-state index in [0.717, 1.165) is 22.3 Å². The number of hydrogen-bond acceptors (Lipinski definition) is 5. The lowest BCUT2D eigenvalue weighted by molar-refractivity contribution is 0.174. The Morgan fingerprint density at radius 2 is 1.76 bits per heavy atom. The van der Waals surface area contributed by atoms with Gasteiger partial charge in [0.1, 0.15) is 11.5 Å². The molecule has 0 radical (unpaired) electrons. The highest BCUT2D eigenvalue weighted by molar-refractivity contribution is 7.53. The van der Waals surface area contributed by atoms with Crippen molar-refractivity contribution >= 4 is 7.60 Å². The molecule has 0 bridgehead atoms. The van der Waals surface area contributed by atoms with E-state index < -0.39 is 13.5 Å². The summed E-state index contributed by atoms with van der Waals surface area (Å²) in [7, 11) is -3.83. The molecule has 6 nitrogen and oxygen atoms in total. The lowest BCUT2D eigenvalue weighted by Gasteiger charge is -2.32. The number of ether oxygens (including phenoxy) is 2. The molecule has 2 N–H and O–H groups in total. The molecule has 132 valence electrons. The van der Waals surface area contributed by atoms with Gasteiger partial charge in [0.05, 0.1) is 6.16 Å². The van der Waals surface area contributed by atoms with E-state index in [1.54, 1.807) is 6.07 Å². The third kappa shape index (κ3) is 2.57. The average Bonchev–Trinajstić information content (AvgIpc) is 2.97. The standard InChI is InChI=1S/C18H19O6P/c1-9-4-10(2)17-13(7-25(20,21)24-18(17)11(9)3)12-5-15-16(6-14(12)19)23-8-22-15/h4-6,13,19H,7-8H2,1-3H3,(H,20,21). The number of fused-ring (bicyclic) bond motifs is 2. The molecule has 0 saturated carbocycles. The van der Waals surface area contributed by atoms with Crippen molar-refractivity contribution in [1.82, 2.24) is 0 Å². The van der Waals surface area contributed by atoms with Crippen molar-refractivity contribution in [2.75, 3.05) is 13.0 Å². The number of phenolic OH excluding ortho intramolecular Hbond substituents is 1. The number of rotatable bonds is 1. The molecular formula is C18H19O6P. The van der Waals surface area contributed by atoms with Crippen LogP contribution in [0.5, 0.6) is 23.0 Å². The first-order chi connectivity index (χ1) is 11.8. The van der Waals surface area contributed by atoms with Gasteiger partial charge in [-0.05, 0) is 43.5 Å². The van der Waals surface area contributed by atoms with Gasteiger partial charge < -0.3 is 24.0 Å². The Hall–Kier alpha value is -2.17. The highest BCUT2D eigenvalue weighted by Gasteiger charge is 2.40. The van der Waals surface area contributed by atoms with Crippen molar-refractivity contribution in [1.29, 1.82) is 0 Å². The molecule has 25 heavy (non-hydrogen) atoms. The first kappa shape index (κ1) is 16.3.